The molecule has 6 heteroatoms. The summed E-state index contributed by atoms with van der Waals surface area (Å²) in [5, 5.41) is 11.2. The molecule has 5 nitrogen and oxygen atoms in total. The summed E-state index contributed by atoms with van der Waals surface area (Å²) in [6.45, 7) is 1.87. The molecule has 0 aliphatic heterocycles. The maximum absolute atomic E-state index is 12.2. The molecule has 3 aromatic carbocycles. The predicted octanol–water partition coefficient (Wildman–Crippen LogP) is 5.40. The highest BCUT2D eigenvalue weighted by atomic mass is 35.5. The van der Waals surface area contributed by atoms with Crippen molar-refractivity contribution in [1.82, 2.24) is 4.98 Å². The number of para-hydroxylation sites is 1. The molecule has 0 saturated heterocycles. The number of carbonyl (C=O) groups excluding carboxylic acids is 1. The number of phenols is 1. The van der Waals surface area contributed by atoms with Crippen LogP contribution in [0.3, 0.4) is 0 Å². The number of carbonyl (C=O) groups is 1. The number of phenolic OH excluding ortho intramolecular Hbond substituents is 1. The molecule has 0 aliphatic carbocycles. The summed E-state index contributed by atoms with van der Waals surface area (Å²) in [4.78, 5) is 26.9. The number of aromatic amines is 1. The summed E-state index contributed by atoms with van der Waals surface area (Å²) in [6, 6.07) is 19.8. The van der Waals surface area contributed by atoms with Crippen LogP contribution in [0.2, 0.25) is 5.02 Å². The third-order valence-corrected chi connectivity index (χ3v) is 5.15. The zero-order valence-electron chi connectivity index (χ0n) is 16.1. The van der Waals surface area contributed by atoms with Crippen molar-refractivity contribution in [1.29, 1.82) is 0 Å². The maximum atomic E-state index is 12.2. The number of pyridine rings is 1. The van der Waals surface area contributed by atoms with E-state index in [1.54, 1.807) is 25.1 Å². The van der Waals surface area contributed by atoms with E-state index in [0.29, 0.717) is 15.9 Å². The molecule has 0 fully saturated rings. The van der Waals surface area contributed by atoms with Gasteiger partial charge in [-0.05, 0) is 47.7 Å². The summed E-state index contributed by atoms with van der Waals surface area (Å²) in [5.74, 6) is -0.450. The van der Waals surface area contributed by atoms with Crippen LogP contribution in [0.1, 0.15) is 17.3 Å². The summed E-state index contributed by atoms with van der Waals surface area (Å²) >= 11 is 6.47. The first-order valence-electron chi connectivity index (χ1n) is 9.40. The van der Waals surface area contributed by atoms with E-state index in [1.807, 2.05) is 42.5 Å². The molecule has 0 atom stereocenters. The van der Waals surface area contributed by atoms with Gasteiger partial charge in [-0.3, -0.25) is 4.79 Å². The van der Waals surface area contributed by atoms with Gasteiger partial charge in [0.2, 0.25) is 0 Å². The Kier molecular flexibility index (Phi) is 5.29. The molecule has 30 heavy (non-hydrogen) atoms. The van der Waals surface area contributed by atoms with Crippen molar-refractivity contribution in [3.8, 4) is 28.0 Å². The number of nitrogens with one attached hydrogen (secondary N) is 1. The molecule has 2 N–H and O–H groups in total. The van der Waals surface area contributed by atoms with Crippen molar-refractivity contribution >= 4 is 28.5 Å². The minimum absolute atomic E-state index is 0.0486. The van der Waals surface area contributed by atoms with Gasteiger partial charge in [-0.15, -0.1) is 0 Å². The Morgan fingerprint density at radius 1 is 1.00 bits per heavy atom. The fourth-order valence-electron chi connectivity index (χ4n) is 3.36. The molecule has 0 aliphatic rings. The zero-order chi connectivity index (χ0) is 21.3. The molecule has 150 valence electrons. The van der Waals surface area contributed by atoms with Crippen molar-refractivity contribution in [3.05, 3.63) is 87.7 Å². The highest BCUT2D eigenvalue weighted by Crippen LogP contribution is 2.34. The first kappa shape index (κ1) is 19.7. The number of benzene rings is 3. The Bertz CT molecular complexity index is 1310. The Balaban J connectivity index is 1.77. The SMILES string of the molecule is CCOC(=O)c1cc2cc(-c3ccc(-c4ccccc4O)cc3)c(Cl)cc2[nH]c1=O. The molecule has 1 aromatic heterocycles. The number of hydrogen-bond donors (Lipinski definition) is 2. The van der Waals surface area contributed by atoms with Crippen LogP contribution in [0.25, 0.3) is 33.2 Å². The number of esters is 1. The molecule has 0 unspecified atom stereocenters. The van der Waals surface area contributed by atoms with Crippen molar-refractivity contribution in [2.75, 3.05) is 6.61 Å². The Labute approximate surface area is 177 Å². The largest absolute Gasteiger partial charge is 0.507 e. The van der Waals surface area contributed by atoms with E-state index < -0.39 is 11.5 Å². The maximum Gasteiger partial charge on any atom is 0.343 e. The van der Waals surface area contributed by atoms with E-state index in [9.17, 15) is 14.7 Å². The smallest absolute Gasteiger partial charge is 0.343 e. The van der Waals surface area contributed by atoms with Crippen molar-refractivity contribution in [3.63, 3.8) is 0 Å². The topological polar surface area (TPSA) is 79.4 Å². The van der Waals surface area contributed by atoms with Gasteiger partial charge in [0.1, 0.15) is 11.3 Å². The average Bonchev–Trinajstić information content (AvgIpc) is 2.74. The molecule has 0 amide bonds. The van der Waals surface area contributed by atoms with Crippen LogP contribution in [0.5, 0.6) is 5.75 Å². The Morgan fingerprint density at radius 3 is 2.33 bits per heavy atom. The van der Waals surface area contributed by atoms with E-state index >= 15 is 0 Å². The lowest BCUT2D eigenvalue weighted by atomic mass is 9.98. The van der Waals surface area contributed by atoms with Crippen LogP contribution in [-0.4, -0.2) is 22.7 Å². The third-order valence-electron chi connectivity index (χ3n) is 4.84. The normalized spacial score (nSPS) is 10.9. The number of hydrogen-bond acceptors (Lipinski definition) is 4. The lowest BCUT2D eigenvalue weighted by Gasteiger charge is -2.10. The minimum atomic E-state index is -0.663. The quantitative estimate of drug-likeness (QED) is 0.434. The van der Waals surface area contributed by atoms with Gasteiger partial charge in [0, 0.05) is 16.6 Å². The van der Waals surface area contributed by atoms with Gasteiger partial charge < -0.3 is 14.8 Å². The Morgan fingerprint density at radius 2 is 1.67 bits per heavy atom. The van der Waals surface area contributed by atoms with E-state index in [-0.39, 0.29) is 17.9 Å². The minimum Gasteiger partial charge on any atom is -0.507 e. The molecule has 0 saturated carbocycles. The number of aromatic hydroxyl groups is 1. The lowest BCUT2D eigenvalue weighted by Crippen LogP contribution is -2.19. The molecule has 0 radical (unpaired) electrons. The molecule has 0 spiro atoms. The number of ether oxygens (including phenoxy) is 1. The van der Waals surface area contributed by atoms with Crippen LogP contribution in [0, 0.1) is 0 Å². The average molecular weight is 420 g/mol. The second-order valence-electron chi connectivity index (χ2n) is 6.75. The van der Waals surface area contributed by atoms with E-state index in [2.05, 4.69) is 4.98 Å². The highest BCUT2D eigenvalue weighted by molar-refractivity contribution is 6.34. The van der Waals surface area contributed by atoms with E-state index in [0.717, 1.165) is 22.3 Å². The van der Waals surface area contributed by atoms with Gasteiger partial charge in [-0.1, -0.05) is 54.1 Å². The standard InChI is InChI=1S/C24H18ClNO4/c1-2-30-24(29)19-12-16-11-18(20(25)13-21(16)26-23(19)28)15-9-7-14(8-10-15)17-5-3-4-6-22(17)27/h3-13,27H,2H2,1H3,(H,26,28). The molecule has 4 aromatic rings. The summed E-state index contributed by atoms with van der Waals surface area (Å²) in [7, 11) is 0. The second-order valence-corrected chi connectivity index (χ2v) is 7.15. The number of fused-ring (bicyclic) bond motifs is 1. The first-order chi connectivity index (χ1) is 14.5. The van der Waals surface area contributed by atoms with Gasteiger partial charge in [0.15, 0.2) is 0 Å². The third kappa shape index (κ3) is 3.67. The van der Waals surface area contributed by atoms with Gasteiger partial charge in [0.25, 0.3) is 5.56 Å². The van der Waals surface area contributed by atoms with Gasteiger partial charge >= 0.3 is 5.97 Å². The van der Waals surface area contributed by atoms with Crippen LogP contribution < -0.4 is 5.56 Å². The predicted molar refractivity (Wildman–Crippen MR) is 118 cm³/mol. The van der Waals surface area contributed by atoms with Gasteiger partial charge in [-0.25, -0.2) is 4.79 Å². The number of H-pyrrole nitrogens is 1. The highest BCUT2D eigenvalue weighted by Gasteiger charge is 2.15. The van der Waals surface area contributed by atoms with Gasteiger partial charge in [-0.2, -0.15) is 0 Å². The van der Waals surface area contributed by atoms with Crippen molar-refractivity contribution in [2.45, 2.75) is 6.92 Å². The summed E-state index contributed by atoms with van der Waals surface area (Å²) in [5.41, 5.74) is 3.21. The van der Waals surface area contributed by atoms with Gasteiger partial charge in [0.05, 0.1) is 11.6 Å². The monoisotopic (exact) mass is 419 g/mol. The molecule has 4 rings (SSSR count). The second kappa shape index (κ2) is 8.05. The number of aromatic nitrogens is 1. The first-order valence-corrected chi connectivity index (χ1v) is 9.78. The van der Waals surface area contributed by atoms with Crippen LogP contribution >= 0.6 is 11.6 Å². The van der Waals surface area contributed by atoms with E-state index in [4.69, 9.17) is 16.3 Å². The van der Waals surface area contributed by atoms with E-state index in [1.165, 1.54) is 6.07 Å². The fraction of sp³-hybridized carbons (Fsp3) is 0.0833. The lowest BCUT2D eigenvalue weighted by molar-refractivity contribution is 0.0524. The van der Waals surface area contributed by atoms with Crippen molar-refractivity contribution < 1.29 is 14.6 Å². The van der Waals surface area contributed by atoms with Crippen LogP contribution in [0.15, 0.2) is 71.5 Å². The zero-order valence-corrected chi connectivity index (χ0v) is 16.9. The molecular formula is C24H18ClNO4. The van der Waals surface area contributed by atoms with Crippen molar-refractivity contribution in [2.24, 2.45) is 0 Å². The summed E-state index contributed by atoms with van der Waals surface area (Å²) < 4.78 is 4.96. The fourth-order valence-corrected chi connectivity index (χ4v) is 3.63. The molecule has 0 bridgehead atoms. The molecule has 1 heterocycles. The number of halogens is 1. The van der Waals surface area contributed by atoms with Crippen LogP contribution in [0.4, 0.5) is 0 Å². The molecular weight excluding hydrogens is 402 g/mol. The van der Waals surface area contributed by atoms with Crippen LogP contribution in [-0.2, 0) is 4.74 Å². The Hall–Kier alpha value is -3.57. The summed E-state index contributed by atoms with van der Waals surface area (Å²) in [6.07, 6.45) is 0. The number of rotatable bonds is 4.